The van der Waals surface area contributed by atoms with E-state index in [-0.39, 0.29) is 5.97 Å². The third kappa shape index (κ3) is 6.68. The summed E-state index contributed by atoms with van der Waals surface area (Å²) in [5.74, 6) is 1.56. The zero-order chi connectivity index (χ0) is 16.2. The lowest BCUT2D eigenvalue weighted by Gasteiger charge is -2.10. The Labute approximate surface area is 136 Å². The van der Waals surface area contributed by atoms with Crippen LogP contribution in [0.5, 0.6) is 11.5 Å². The summed E-state index contributed by atoms with van der Waals surface area (Å²) in [5.41, 5.74) is 0.940. The van der Waals surface area contributed by atoms with Gasteiger partial charge < -0.3 is 14.2 Å². The summed E-state index contributed by atoms with van der Waals surface area (Å²) in [4.78, 5) is 11.1. The summed E-state index contributed by atoms with van der Waals surface area (Å²) in [5, 5.41) is 0. The quantitative estimate of drug-likeness (QED) is 0.228. The topological polar surface area (TPSA) is 44.8 Å². The highest BCUT2D eigenvalue weighted by Gasteiger charge is 2.04. The Hall–Kier alpha value is -1.94. The van der Waals surface area contributed by atoms with Crippen LogP contribution in [0.2, 0.25) is 0 Å². The first-order valence-corrected chi connectivity index (χ1v) is 7.63. The number of methoxy groups -OCH3 is 1. The molecule has 0 radical (unpaired) electrons. The fourth-order valence-corrected chi connectivity index (χ4v) is 1.74. The van der Waals surface area contributed by atoms with Crippen LogP contribution in [0.3, 0.4) is 0 Å². The molecule has 0 heterocycles. The summed E-state index contributed by atoms with van der Waals surface area (Å²) in [6.07, 6.45) is 7.42. The van der Waals surface area contributed by atoms with Gasteiger partial charge in [-0.1, -0.05) is 24.3 Å². The van der Waals surface area contributed by atoms with Crippen molar-refractivity contribution in [1.82, 2.24) is 0 Å². The molecule has 1 aromatic rings. The van der Waals surface area contributed by atoms with Crippen LogP contribution in [0.1, 0.15) is 18.9 Å². The highest BCUT2D eigenvalue weighted by molar-refractivity contribution is 6.17. The number of alkyl halides is 1. The van der Waals surface area contributed by atoms with Crippen LogP contribution in [0, 0.1) is 0 Å². The third-order valence-corrected chi connectivity index (χ3v) is 2.91. The first-order valence-electron chi connectivity index (χ1n) is 7.09. The Balaban J connectivity index is 2.66. The van der Waals surface area contributed by atoms with Crippen molar-refractivity contribution < 1.29 is 19.0 Å². The number of rotatable bonds is 9. The van der Waals surface area contributed by atoms with E-state index in [1.54, 1.807) is 26.2 Å². The van der Waals surface area contributed by atoms with Crippen LogP contribution in [-0.2, 0) is 9.53 Å². The number of allylic oxidation sites excluding steroid dienone is 2. The molecule has 0 spiro atoms. The normalized spacial score (nSPS) is 11.0. The van der Waals surface area contributed by atoms with Crippen LogP contribution in [-0.4, -0.2) is 32.2 Å². The second-order valence-corrected chi connectivity index (χ2v) is 4.65. The molecule has 0 aromatic heterocycles. The van der Waals surface area contributed by atoms with Crippen molar-refractivity contribution in [2.24, 2.45) is 0 Å². The van der Waals surface area contributed by atoms with Gasteiger partial charge in [0.2, 0.25) is 0 Å². The smallest absolute Gasteiger partial charge is 0.330 e. The number of benzene rings is 1. The molecule has 5 heteroatoms. The molecular formula is C17H21ClO4. The van der Waals surface area contributed by atoms with Gasteiger partial charge in [0.1, 0.15) is 0 Å². The minimum Gasteiger partial charge on any atom is -0.493 e. The average Bonchev–Trinajstić information content (AvgIpc) is 2.53. The average molecular weight is 325 g/mol. The highest BCUT2D eigenvalue weighted by Crippen LogP contribution is 2.28. The molecule has 0 fully saturated rings. The number of carbonyl (C=O) groups is 1. The molecule has 22 heavy (non-hydrogen) atoms. The lowest BCUT2D eigenvalue weighted by molar-refractivity contribution is -0.137. The van der Waals surface area contributed by atoms with Gasteiger partial charge in [-0.15, -0.1) is 11.6 Å². The van der Waals surface area contributed by atoms with E-state index in [0.29, 0.717) is 30.6 Å². The van der Waals surface area contributed by atoms with Crippen molar-refractivity contribution in [3.05, 3.63) is 42.0 Å². The van der Waals surface area contributed by atoms with Gasteiger partial charge in [0, 0.05) is 12.0 Å². The summed E-state index contributed by atoms with van der Waals surface area (Å²) >= 11 is 5.62. The number of hydrogen-bond donors (Lipinski definition) is 0. The van der Waals surface area contributed by atoms with Gasteiger partial charge in [-0.05, 0) is 31.0 Å². The first kappa shape index (κ1) is 18.1. The molecule has 0 aliphatic heterocycles. The fraction of sp³-hybridized carbons (Fsp3) is 0.353. The molecule has 0 saturated carbocycles. The van der Waals surface area contributed by atoms with Gasteiger partial charge in [0.15, 0.2) is 11.5 Å². The molecule has 0 unspecified atom stereocenters. The Kier molecular flexibility index (Phi) is 8.84. The summed E-state index contributed by atoms with van der Waals surface area (Å²) < 4.78 is 15.7. The monoisotopic (exact) mass is 324 g/mol. The van der Waals surface area contributed by atoms with Crippen molar-refractivity contribution >= 4 is 23.6 Å². The molecule has 120 valence electrons. The second-order valence-electron chi connectivity index (χ2n) is 4.27. The zero-order valence-electron chi connectivity index (χ0n) is 12.9. The maximum absolute atomic E-state index is 11.1. The lowest BCUT2D eigenvalue weighted by Crippen LogP contribution is -1.99. The molecule has 0 amide bonds. The highest BCUT2D eigenvalue weighted by atomic mass is 35.5. The van der Waals surface area contributed by atoms with E-state index in [1.165, 1.54) is 6.08 Å². The SMILES string of the molecule is CCOC(=O)C=CC=Cc1ccc(OCCCCl)c(OC)c1. The molecule has 0 N–H and O–H groups in total. The standard InChI is InChI=1S/C17H21ClO4/c1-3-21-17(19)8-5-4-7-14-9-10-15(16(13-14)20-2)22-12-6-11-18/h4-5,7-10,13H,3,6,11-12H2,1-2H3. The fourth-order valence-electron chi connectivity index (χ4n) is 1.63. The molecule has 0 aliphatic rings. The van der Waals surface area contributed by atoms with Gasteiger partial charge in [0.25, 0.3) is 0 Å². The van der Waals surface area contributed by atoms with Crippen LogP contribution in [0.4, 0.5) is 0 Å². The second kappa shape index (κ2) is 10.7. The predicted molar refractivity (Wildman–Crippen MR) is 88.6 cm³/mol. The van der Waals surface area contributed by atoms with Gasteiger partial charge >= 0.3 is 5.97 Å². The summed E-state index contributed by atoms with van der Waals surface area (Å²) in [6.45, 7) is 2.69. The number of esters is 1. The van der Waals surface area contributed by atoms with Crippen LogP contribution < -0.4 is 9.47 Å². The molecule has 1 rings (SSSR count). The third-order valence-electron chi connectivity index (χ3n) is 2.64. The van der Waals surface area contributed by atoms with Gasteiger partial charge in [-0.3, -0.25) is 0 Å². The maximum atomic E-state index is 11.1. The van der Waals surface area contributed by atoms with Crippen LogP contribution >= 0.6 is 11.6 Å². The van der Waals surface area contributed by atoms with E-state index in [0.717, 1.165) is 12.0 Å². The number of carbonyl (C=O) groups excluding carboxylic acids is 1. The van der Waals surface area contributed by atoms with E-state index in [1.807, 2.05) is 24.3 Å². The van der Waals surface area contributed by atoms with Crippen molar-refractivity contribution in [2.75, 3.05) is 26.2 Å². The Morgan fingerprint density at radius 2 is 2.09 bits per heavy atom. The molecule has 0 bridgehead atoms. The molecule has 0 aliphatic carbocycles. The maximum Gasteiger partial charge on any atom is 0.330 e. The van der Waals surface area contributed by atoms with E-state index in [2.05, 4.69) is 0 Å². The van der Waals surface area contributed by atoms with Crippen LogP contribution in [0.25, 0.3) is 6.08 Å². The van der Waals surface area contributed by atoms with Crippen LogP contribution in [0.15, 0.2) is 36.4 Å². The van der Waals surface area contributed by atoms with E-state index in [9.17, 15) is 4.79 Å². The minimum absolute atomic E-state index is 0.354. The molecule has 0 atom stereocenters. The minimum atomic E-state index is -0.354. The number of ether oxygens (including phenoxy) is 3. The largest absolute Gasteiger partial charge is 0.493 e. The van der Waals surface area contributed by atoms with Crippen molar-refractivity contribution in [2.45, 2.75) is 13.3 Å². The van der Waals surface area contributed by atoms with E-state index < -0.39 is 0 Å². The van der Waals surface area contributed by atoms with Crippen molar-refractivity contribution in [3.8, 4) is 11.5 Å². The van der Waals surface area contributed by atoms with Gasteiger partial charge in [0.05, 0.1) is 20.3 Å². The van der Waals surface area contributed by atoms with Gasteiger partial charge in [-0.25, -0.2) is 4.79 Å². The molecule has 0 saturated heterocycles. The van der Waals surface area contributed by atoms with Crippen molar-refractivity contribution in [1.29, 1.82) is 0 Å². The van der Waals surface area contributed by atoms with E-state index in [4.69, 9.17) is 25.8 Å². The molecule has 4 nitrogen and oxygen atoms in total. The number of halogens is 1. The summed E-state index contributed by atoms with van der Waals surface area (Å²) in [7, 11) is 1.60. The Morgan fingerprint density at radius 1 is 1.27 bits per heavy atom. The zero-order valence-corrected chi connectivity index (χ0v) is 13.6. The van der Waals surface area contributed by atoms with Gasteiger partial charge in [-0.2, -0.15) is 0 Å². The van der Waals surface area contributed by atoms with E-state index >= 15 is 0 Å². The first-order chi connectivity index (χ1) is 10.7. The van der Waals surface area contributed by atoms with Crippen molar-refractivity contribution in [3.63, 3.8) is 0 Å². The number of hydrogen-bond acceptors (Lipinski definition) is 4. The Morgan fingerprint density at radius 3 is 2.77 bits per heavy atom. The lowest BCUT2D eigenvalue weighted by atomic mass is 10.2. The Bertz CT molecular complexity index is 523. The predicted octanol–water partition coefficient (Wildman–Crippen LogP) is 3.84. The summed E-state index contributed by atoms with van der Waals surface area (Å²) in [6, 6.07) is 5.62. The molecular weight excluding hydrogens is 304 g/mol. The molecule has 1 aromatic carbocycles.